The van der Waals surface area contributed by atoms with E-state index in [1.165, 1.54) is 0 Å². The first-order valence-corrected chi connectivity index (χ1v) is 4.05. The first kappa shape index (κ1) is 23.6. The molecule has 0 aromatic heterocycles. The van der Waals surface area contributed by atoms with E-state index in [4.69, 9.17) is 35.0 Å². The van der Waals surface area contributed by atoms with E-state index in [2.05, 4.69) is 0 Å². The Morgan fingerprint density at radius 2 is 0.917 bits per heavy atom. The summed E-state index contributed by atoms with van der Waals surface area (Å²) in [5.74, 6) is 0. The first-order chi connectivity index (χ1) is 4.00. The van der Waals surface area contributed by atoms with Crippen molar-refractivity contribution in [2.45, 2.75) is 0 Å². The Balaban J connectivity index is -0.0000000457. The predicted octanol–water partition coefficient (Wildman–Crippen LogP) is -5.33. The van der Waals surface area contributed by atoms with Crippen molar-refractivity contribution in [2.75, 3.05) is 0 Å². The third kappa shape index (κ3) is 397. The standard InChI is InChI=1S/Co.K.2H2O4S/c;;2*1-5(2,3)4/h;;2*(H2,1,2,3,4)/q+2;+1;;/p-3. The van der Waals surface area contributed by atoms with E-state index < -0.39 is 20.8 Å². The van der Waals surface area contributed by atoms with Gasteiger partial charge in [-0.15, -0.1) is 0 Å². The molecule has 1 N–H and O–H groups in total. The van der Waals surface area contributed by atoms with Gasteiger partial charge in [0, 0.05) is 10.4 Å². The normalized spacial score (nSPS) is 9.67. The fourth-order valence-corrected chi connectivity index (χ4v) is 0. The molecule has 0 saturated carbocycles. The molecule has 0 bridgehead atoms. The van der Waals surface area contributed by atoms with Crippen molar-refractivity contribution >= 4 is 20.8 Å². The average Bonchev–Trinajstić information content (AvgIpc) is 1.12. The molecule has 0 aliphatic rings. The van der Waals surface area contributed by atoms with Crippen LogP contribution in [0.2, 0.25) is 0 Å². The molecule has 0 atom stereocenters. The summed E-state index contributed by atoms with van der Waals surface area (Å²) >= 11 is 0. The van der Waals surface area contributed by atoms with Crippen LogP contribution >= 0.6 is 0 Å². The van der Waals surface area contributed by atoms with Gasteiger partial charge < -0.3 is 13.7 Å². The van der Waals surface area contributed by atoms with Crippen molar-refractivity contribution in [1.82, 2.24) is 0 Å². The summed E-state index contributed by atoms with van der Waals surface area (Å²) in [4.78, 5) is 0. The van der Waals surface area contributed by atoms with Gasteiger partial charge in [0.25, 0.3) is 0 Å². The molecule has 0 aromatic carbocycles. The van der Waals surface area contributed by atoms with E-state index in [9.17, 15) is 0 Å². The molecule has 71 valence electrons. The van der Waals surface area contributed by atoms with Gasteiger partial charge in [-0.25, -0.2) is 8.42 Å². The van der Waals surface area contributed by atoms with Gasteiger partial charge in [0.05, 0.1) is 0 Å². The number of hydrogen-bond donors (Lipinski definition) is 1. The second-order valence-electron chi connectivity index (χ2n) is 0.836. The molecule has 0 aromatic rings. The predicted molar refractivity (Wildman–Crippen MR) is 22.8 cm³/mol. The van der Waals surface area contributed by atoms with Crippen molar-refractivity contribution < 1.29 is 103 Å². The van der Waals surface area contributed by atoms with Crippen LogP contribution < -0.4 is 51.4 Å². The summed E-state index contributed by atoms with van der Waals surface area (Å²) in [6.45, 7) is 0. The van der Waals surface area contributed by atoms with Crippen LogP contribution in [0.4, 0.5) is 0 Å². The van der Waals surface area contributed by atoms with E-state index in [0.29, 0.717) is 0 Å². The zero-order valence-corrected chi connectivity index (χ0v) is 11.3. The molecule has 0 unspecified atom stereocenters. The van der Waals surface area contributed by atoms with Crippen LogP contribution in [0.3, 0.4) is 0 Å². The molecule has 12 heavy (non-hydrogen) atoms. The van der Waals surface area contributed by atoms with Crippen molar-refractivity contribution in [1.29, 1.82) is 0 Å². The van der Waals surface area contributed by atoms with Crippen LogP contribution in [-0.2, 0) is 37.6 Å². The molecule has 0 spiro atoms. The zero-order valence-electron chi connectivity index (χ0n) is 5.45. The quantitative estimate of drug-likeness (QED) is 0.263. The third-order valence-corrected chi connectivity index (χ3v) is 0. The van der Waals surface area contributed by atoms with Crippen molar-refractivity contribution in [3.8, 4) is 0 Å². The van der Waals surface area contributed by atoms with Crippen molar-refractivity contribution in [3.05, 3.63) is 0 Å². The Morgan fingerprint density at radius 1 is 0.917 bits per heavy atom. The minimum atomic E-state index is -5.17. The average molecular weight is 291 g/mol. The third-order valence-electron chi connectivity index (χ3n) is 0. The number of hydrogen-bond acceptors (Lipinski definition) is 7. The van der Waals surface area contributed by atoms with E-state index in [0.717, 1.165) is 0 Å². The Bertz CT molecular complexity index is 213. The molecule has 0 heterocycles. The van der Waals surface area contributed by atoms with Gasteiger partial charge in [0.15, 0.2) is 0 Å². The van der Waals surface area contributed by atoms with Crippen LogP contribution in [0.1, 0.15) is 0 Å². The molecule has 0 rings (SSSR count). The molecule has 0 aliphatic carbocycles. The van der Waals surface area contributed by atoms with E-state index in [-0.39, 0.29) is 68.2 Å². The molecule has 0 amide bonds. The monoisotopic (exact) mass is 291 g/mol. The Hall–Kier alpha value is 1.88. The van der Waals surface area contributed by atoms with Crippen LogP contribution in [0.15, 0.2) is 0 Å². The smallest absolute Gasteiger partial charge is 0.759 e. The van der Waals surface area contributed by atoms with Crippen LogP contribution in [-0.4, -0.2) is 35.0 Å². The molecule has 0 fully saturated rings. The summed E-state index contributed by atoms with van der Waals surface area (Å²) in [5.41, 5.74) is 0. The summed E-state index contributed by atoms with van der Waals surface area (Å²) in [5, 5.41) is 0. The Kier molecular flexibility index (Phi) is 18.6. The van der Waals surface area contributed by atoms with Gasteiger partial charge >= 0.3 is 68.2 Å². The molecule has 1 radical (unpaired) electrons. The summed E-state index contributed by atoms with van der Waals surface area (Å²) in [6.07, 6.45) is 0. The van der Waals surface area contributed by atoms with Crippen LogP contribution in [0.25, 0.3) is 0 Å². The Morgan fingerprint density at radius 3 is 0.917 bits per heavy atom. The van der Waals surface area contributed by atoms with Gasteiger partial charge in [0.1, 0.15) is 0 Å². The molecular formula is HCoKO8S2. The van der Waals surface area contributed by atoms with Crippen LogP contribution in [0, 0.1) is 0 Å². The maximum atomic E-state index is 8.63. The fourth-order valence-electron chi connectivity index (χ4n) is 0. The SMILES string of the molecule is O=S(=O)([O-])O.O=S(=O)([O-])[O-].[Co+2].[K+]. The Labute approximate surface area is 122 Å². The molecule has 8 nitrogen and oxygen atoms in total. The zero-order chi connectivity index (χ0) is 9.00. The van der Waals surface area contributed by atoms with Gasteiger partial charge in [0.2, 0.25) is 10.4 Å². The van der Waals surface area contributed by atoms with Gasteiger partial charge in [-0.05, 0) is 0 Å². The topological polar surface area (TPSA) is 158 Å². The summed E-state index contributed by atoms with van der Waals surface area (Å²) in [7, 11) is -10.1. The molecular weight excluding hydrogens is 290 g/mol. The largest absolute Gasteiger partial charge is 2.00 e. The fraction of sp³-hybridized carbons (Fsp3) is 0. The van der Waals surface area contributed by atoms with Crippen molar-refractivity contribution in [3.63, 3.8) is 0 Å². The number of rotatable bonds is 0. The molecule has 12 heteroatoms. The van der Waals surface area contributed by atoms with E-state index >= 15 is 0 Å². The van der Waals surface area contributed by atoms with Gasteiger partial charge in [-0.3, -0.25) is 13.0 Å². The van der Waals surface area contributed by atoms with Gasteiger partial charge in [-0.2, -0.15) is 0 Å². The summed E-state index contributed by atoms with van der Waals surface area (Å²) in [6, 6.07) is 0. The minimum absolute atomic E-state index is 0. The van der Waals surface area contributed by atoms with Gasteiger partial charge in [-0.1, -0.05) is 0 Å². The second kappa shape index (κ2) is 9.44. The summed E-state index contributed by atoms with van der Waals surface area (Å²) < 4.78 is 66.9. The second-order valence-corrected chi connectivity index (χ2v) is 2.51. The maximum absolute atomic E-state index is 8.63. The van der Waals surface area contributed by atoms with E-state index in [1.54, 1.807) is 0 Å². The minimum Gasteiger partial charge on any atom is -0.759 e. The molecule has 0 saturated heterocycles. The molecule has 0 aliphatic heterocycles. The first-order valence-electron chi connectivity index (χ1n) is 1.35. The van der Waals surface area contributed by atoms with Crippen LogP contribution in [0.5, 0.6) is 0 Å². The van der Waals surface area contributed by atoms with Crippen molar-refractivity contribution in [2.24, 2.45) is 0 Å². The van der Waals surface area contributed by atoms with E-state index in [1.807, 2.05) is 0 Å². The maximum Gasteiger partial charge on any atom is 2.00 e.